The number of benzene rings is 2. The molecule has 2 fully saturated rings. The number of esters is 1. The summed E-state index contributed by atoms with van der Waals surface area (Å²) in [5.74, 6) is -6.54. The van der Waals surface area contributed by atoms with E-state index in [-0.39, 0.29) is 122 Å². The number of aliphatic hydroxyl groups excluding tert-OH is 1. The van der Waals surface area contributed by atoms with E-state index in [1.807, 2.05) is 80.6 Å². The van der Waals surface area contributed by atoms with Crippen molar-refractivity contribution >= 4 is 94.1 Å². The maximum absolute atomic E-state index is 14.2. The number of carbonyl (C=O) groups is 10. The average Bonchev–Trinajstić information content (AvgIpc) is 1.32. The quantitative estimate of drug-likeness (QED) is 0.0147. The van der Waals surface area contributed by atoms with E-state index in [1.54, 1.807) is 19.9 Å². The summed E-state index contributed by atoms with van der Waals surface area (Å²) >= 11 is 10.00. The van der Waals surface area contributed by atoms with Gasteiger partial charge in [0.15, 0.2) is 11.4 Å². The van der Waals surface area contributed by atoms with Crippen LogP contribution in [0, 0.1) is 23.2 Å². The molecule has 91 heavy (non-hydrogen) atoms. The number of carboxylic acid groups (broad SMARTS) is 1. The highest BCUT2D eigenvalue weighted by molar-refractivity contribution is 8.08. The first-order valence-electron chi connectivity index (χ1n) is 31.0. The smallest absolute Gasteiger partial charge is 0.306 e. The van der Waals surface area contributed by atoms with Crippen LogP contribution in [0.1, 0.15) is 105 Å². The molecule has 6 N–H and O–H groups in total. The number of ether oxygens (including phenoxy) is 6. The standard InChI is InChI=1S/C65H86ClN5O18S2/c1-6-56(79)89-64(7-2,42(3)38-44-18-22-51(73)65(66)49(44)20-19-45-39-46(72)24-27-63(45,65)5)52(74)40-88-41-68-59(80)43(4)69-60(81)50(21-23-55(77)78)70-54(76)26-30-84-32-34-86-36-37-87-35-33-85-31-28-67-53(75)25-29-71-61(82)57(90-47-14-10-8-11-15-47)58(62(71)83)91-48-16-12-9-13-17-48/h8-17,24,27,39,42-44,49-51,73H,6-7,18-23,25-26,28-38,40-41H2,1-5H3,(H,67,75)(H,68,80)(H,69,81)(H,70,76)(H,77,78)/t42-,43-,44?,49-,50-,51-,63-,64?,65-/m0/s1. The summed E-state index contributed by atoms with van der Waals surface area (Å²) in [4.78, 5) is 132. The number of carboxylic acids is 1. The van der Waals surface area contributed by atoms with Crippen LogP contribution in [0.5, 0.6) is 0 Å². The van der Waals surface area contributed by atoms with Gasteiger partial charge in [-0.2, -0.15) is 0 Å². The van der Waals surface area contributed by atoms with Gasteiger partial charge in [0.2, 0.25) is 29.4 Å². The number of ketones is 2. The Morgan fingerprint density at radius 3 is 1.91 bits per heavy atom. The lowest BCUT2D eigenvalue weighted by molar-refractivity contribution is -0.178. The number of hydrogen-bond acceptors (Lipinski definition) is 19. The number of imide groups is 1. The average molecular weight is 1330 g/mol. The van der Waals surface area contributed by atoms with Gasteiger partial charge in [-0.25, -0.2) is 0 Å². The molecule has 2 aromatic rings. The van der Waals surface area contributed by atoms with Crippen LogP contribution >= 0.6 is 35.1 Å². The molecule has 498 valence electrons. The Labute approximate surface area is 544 Å². The molecule has 0 saturated heterocycles. The molecular weight excluding hydrogens is 1240 g/mol. The van der Waals surface area contributed by atoms with Crippen LogP contribution in [0.15, 0.2) is 104 Å². The molecule has 0 aromatic heterocycles. The number of amides is 6. The lowest BCUT2D eigenvalue weighted by Crippen LogP contribution is -2.63. The lowest BCUT2D eigenvalue weighted by Gasteiger charge is -2.60. The number of carbonyl (C=O) groups excluding carboxylic acids is 9. The van der Waals surface area contributed by atoms with Gasteiger partial charge in [0, 0.05) is 59.9 Å². The number of aliphatic carboxylic acids is 1. The van der Waals surface area contributed by atoms with Crippen molar-refractivity contribution in [2.45, 2.75) is 144 Å². The molecule has 0 radical (unpaired) electrons. The predicted molar refractivity (Wildman–Crippen MR) is 338 cm³/mol. The Morgan fingerprint density at radius 2 is 1.33 bits per heavy atom. The van der Waals surface area contributed by atoms with Gasteiger partial charge in [0.1, 0.15) is 25.4 Å². The van der Waals surface area contributed by atoms with Crippen molar-refractivity contribution in [3.05, 3.63) is 94.3 Å². The molecule has 26 heteroatoms. The number of allylic oxidation sites excluding steroid dienone is 4. The van der Waals surface area contributed by atoms with Crippen molar-refractivity contribution in [1.82, 2.24) is 26.2 Å². The molecule has 23 nitrogen and oxygen atoms in total. The van der Waals surface area contributed by atoms with Crippen LogP contribution in [0.2, 0.25) is 0 Å². The Hall–Kier alpha value is -6.29. The van der Waals surface area contributed by atoms with Crippen LogP contribution in [0.25, 0.3) is 0 Å². The highest BCUT2D eigenvalue weighted by Gasteiger charge is 2.63. The molecule has 2 aromatic carbocycles. The number of halogens is 1. The van der Waals surface area contributed by atoms with E-state index < -0.39 is 107 Å². The van der Waals surface area contributed by atoms with Crippen LogP contribution in [0.4, 0.5) is 0 Å². The summed E-state index contributed by atoms with van der Waals surface area (Å²) < 4.78 is 33.7. The Balaban J connectivity index is 0.814. The number of rotatable bonds is 40. The van der Waals surface area contributed by atoms with Crippen molar-refractivity contribution in [3.63, 3.8) is 0 Å². The minimum Gasteiger partial charge on any atom is -0.481 e. The van der Waals surface area contributed by atoms with E-state index in [0.29, 0.717) is 41.9 Å². The fraction of sp³-hybridized carbons (Fsp3) is 0.569. The van der Waals surface area contributed by atoms with E-state index in [0.717, 1.165) is 20.3 Å². The van der Waals surface area contributed by atoms with Crippen molar-refractivity contribution in [1.29, 1.82) is 0 Å². The highest BCUT2D eigenvalue weighted by Crippen LogP contribution is 2.63. The first-order valence-corrected chi connectivity index (χ1v) is 33.0. The van der Waals surface area contributed by atoms with E-state index in [2.05, 4.69) is 21.3 Å². The molecule has 3 aliphatic carbocycles. The number of thioether (sulfide) groups is 2. The summed E-state index contributed by atoms with van der Waals surface area (Å²) in [6.45, 7) is 9.18. The summed E-state index contributed by atoms with van der Waals surface area (Å²) in [6, 6.07) is 16.1. The number of nitrogens with zero attached hydrogens (tertiary/aromatic N) is 1. The van der Waals surface area contributed by atoms with Gasteiger partial charge in [0.25, 0.3) is 11.8 Å². The number of aliphatic hydroxyl groups is 1. The summed E-state index contributed by atoms with van der Waals surface area (Å²) in [5.41, 5.74) is -1.48. The second-order valence-corrected chi connectivity index (χ2v) is 25.7. The number of nitrogens with one attached hydrogen (secondary N) is 4. The first-order chi connectivity index (χ1) is 43.6. The fourth-order valence-electron chi connectivity index (χ4n) is 11.9. The SMILES string of the molecule is CCC(=O)OC(CC)(C(=O)COCNC(=O)[C@H](C)NC(=O)[C@H](CCC(=O)O)NC(=O)CCOCCOCCOCCOCCNC(=O)CCN1C(=O)C(Sc2ccccc2)=C(Sc2ccccc2)C1=O)[C@@H](C)CC1CC[C@H](O)[C@@]2(Cl)[C@H]1CCC1=CC(=O)C=C[C@@]12C. The largest absolute Gasteiger partial charge is 0.481 e. The zero-order valence-corrected chi connectivity index (χ0v) is 54.7. The second kappa shape index (κ2) is 36.2. The normalized spacial score (nSPS) is 22.0. The summed E-state index contributed by atoms with van der Waals surface area (Å²) in [7, 11) is 0. The van der Waals surface area contributed by atoms with Gasteiger partial charge < -0.3 is 59.9 Å². The van der Waals surface area contributed by atoms with E-state index in [1.165, 1.54) is 36.5 Å². The third-order valence-corrected chi connectivity index (χ3v) is 20.1. The fourth-order valence-corrected chi connectivity index (χ4v) is 14.5. The number of hydrogen-bond donors (Lipinski definition) is 6. The Bertz CT molecular complexity index is 2910. The van der Waals surface area contributed by atoms with Gasteiger partial charge >= 0.3 is 11.9 Å². The van der Waals surface area contributed by atoms with Crippen molar-refractivity contribution in [2.75, 3.05) is 79.3 Å². The third kappa shape index (κ3) is 20.4. The molecule has 6 rings (SSSR count). The van der Waals surface area contributed by atoms with Crippen LogP contribution < -0.4 is 21.3 Å². The topological polar surface area (TPSA) is 318 Å². The molecule has 1 heterocycles. The van der Waals surface area contributed by atoms with Crippen LogP contribution in [-0.4, -0.2) is 182 Å². The Morgan fingerprint density at radius 1 is 0.736 bits per heavy atom. The van der Waals surface area contributed by atoms with Crippen LogP contribution in [-0.2, 0) is 76.4 Å². The predicted octanol–water partition coefficient (Wildman–Crippen LogP) is 5.99. The van der Waals surface area contributed by atoms with Gasteiger partial charge in [-0.05, 0) is 100 Å². The van der Waals surface area contributed by atoms with Crippen molar-refractivity contribution in [2.24, 2.45) is 23.2 Å². The summed E-state index contributed by atoms with van der Waals surface area (Å²) in [6.07, 6.45) is 5.93. The molecule has 2 unspecified atom stereocenters. The van der Waals surface area contributed by atoms with E-state index in [4.69, 9.17) is 40.0 Å². The molecule has 1 aliphatic heterocycles. The first kappa shape index (κ1) is 73.8. The maximum atomic E-state index is 14.2. The molecule has 0 spiro atoms. The minimum absolute atomic E-state index is 0.0120. The van der Waals surface area contributed by atoms with E-state index in [9.17, 15) is 58.2 Å². The van der Waals surface area contributed by atoms with Crippen molar-refractivity contribution in [3.8, 4) is 0 Å². The third-order valence-electron chi connectivity index (χ3n) is 16.9. The zero-order chi connectivity index (χ0) is 66.1. The summed E-state index contributed by atoms with van der Waals surface area (Å²) in [5, 5.41) is 31.1. The van der Waals surface area contributed by atoms with Crippen LogP contribution in [0.3, 0.4) is 0 Å². The van der Waals surface area contributed by atoms with Gasteiger partial charge in [-0.1, -0.05) is 99.3 Å². The molecule has 4 aliphatic rings. The zero-order valence-electron chi connectivity index (χ0n) is 52.3. The minimum atomic E-state index is -1.60. The monoisotopic (exact) mass is 1320 g/mol. The van der Waals surface area contributed by atoms with Gasteiger partial charge in [0.05, 0.1) is 73.6 Å². The second-order valence-electron chi connectivity index (χ2n) is 22.9. The molecule has 9 atom stereocenters. The van der Waals surface area contributed by atoms with Gasteiger partial charge in [-0.15, -0.1) is 11.6 Å². The number of alkyl halides is 1. The number of fused-ring (bicyclic) bond motifs is 3. The van der Waals surface area contributed by atoms with Crippen molar-refractivity contribution < 1.29 is 86.6 Å². The van der Waals surface area contributed by atoms with E-state index >= 15 is 0 Å². The molecule has 0 bridgehead atoms. The lowest BCUT2D eigenvalue weighted by atomic mass is 9.50. The molecule has 6 amide bonds. The molecular formula is C65H86ClN5O18S2. The Kier molecular flexibility index (Phi) is 29.4. The highest BCUT2D eigenvalue weighted by atomic mass is 35.5. The molecule has 2 saturated carbocycles. The number of Topliss-reactive ketones (excluding diaryl/α,β-unsaturated/α-hetero) is 1. The van der Waals surface area contributed by atoms with Gasteiger partial charge in [-0.3, -0.25) is 52.8 Å². The maximum Gasteiger partial charge on any atom is 0.306 e.